The van der Waals surface area contributed by atoms with Crippen LogP contribution in [0, 0.1) is 5.41 Å². The first-order valence-electron chi connectivity index (χ1n) is 8.23. The fourth-order valence-electron chi connectivity index (χ4n) is 2.27. The van der Waals surface area contributed by atoms with Crippen LogP contribution in [0.3, 0.4) is 0 Å². The van der Waals surface area contributed by atoms with E-state index in [9.17, 15) is 4.79 Å². The standard InChI is InChI=1S/C19H20BrN3O2S/c1-19(2,3)15(24)12-26-18-22-21-17(14-9-10-16(20)25-14)23(18)11-13-7-5-4-6-8-13/h4-10H,11-12H2,1-3H3. The van der Waals surface area contributed by atoms with Crippen LogP contribution in [0.25, 0.3) is 11.6 Å². The van der Waals surface area contributed by atoms with Gasteiger partial charge >= 0.3 is 0 Å². The number of halogens is 1. The highest BCUT2D eigenvalue weighted by Crippen LogP contribution is 2.29. The molecule has 0 aliphatic carbocycles. The van der Waals surface area contributed by atoms with Gasteiger partial charge in [-0.3, -0.25) is 9.36 Å². The molecule has 2 heterocycles. The minimum absolute atomic E-state index is 0.180. The van der Waals surface area contributed by atoms with Gasteiger partial charge in [-0.2, -0.15) is 0 Å². The number of hydrogen-bond acceptors (Lipinski definition) is 5. The maximum Gasteiger partial charge on any atom is 0.200 e. The first-order valence-corrected chi connectivity index (χ1v) is 10.0. The summed E-state index contributed by atoms with van der Waals surface area (Å²) in [6.45, 7) is 6.39. The molecule has 0 unspecified atom stereocenters. The third-order valence-electron chi connectivity index (χ3n) is 3.86. The van der Waals surface area contributed by atoms with Crippen molar-refractivity contribution >= 4 is 33.5 Å². The van der Waals surface area contributed by atoms with E-state index >= 15 is 0 Å². The summed E-state index contributed by atoms with van der Waals surface area (Å²) in [7, 11) is 0. The molecule has 0 fully saturated rings. The Morgan fingerprint density at radius 3 is 2.50 bits per heavy atom. The molecular formula is C19H20BrN3O2S. The third kappa shape index (κ3) is 4.45. The number of benzene rings is 1. The van der Waals surface area contributed by atoms with Crippen molar-refractivity contribution in [2.75, 3.05) is 5.75 Å². The lowest BCUT2D eigenvalue weighted by atomic mass is 9.92. The minimum atomic E-state index is -0.369. The molecule has 0 saturated heterocycles. The van der Waals surface area contributed by atoms with Gasteiger partial charge in [0.05, 0.1) is 12.3 Å². The van der Waals surface area contributed by atoms with E-state index in [1.807, 2.05) is 55.7 Å². The zero-order valence-corrected chi connectivity index (χ0v) is 17.3. The zero-order chi connectivity index (χ0) is 18.7. The van der Waals surface area contributed by atoms with Gasteiger partial charge < -0.3 is 4.42 Å². The second kappa shape index (κ2) is 7.80. The molecule has 0 aliphatic heterocycles. The van der Waals surface area contributed by atoms with Crippen LogP contribution in [0.2, 0.25) is 0 Å². The van der Waals surface area contributed by atoms with Crippen LogP contribution in [0.5, 0.6) is 0 Å². The smallest absolute Gasteiger partial charge is 0.200 e. The highest BCUT2D eigenvalue weighted by molar-refractivity contribution is 9.10. The number of hydrogen-bond donors (Lipinski definition) is 0. The van der Waals surface area contributed by atoms with Gasteiger partial charge in [-0.1, -0.05) is 62.9 Å². The number of nitrogens with zero attached hydrogens (tertiary/aromatic N) is 3. The Labute approximate surface area is 165 Å². The lowest BCUT2D eigenvalue weighted by molar-refractivity contribution is -0.123. The van der Waals surface area contributed by atoms with Gasteiger partial charge in [-0.25, -0.2) is 0 Å². The van der Waals surface area contributed by atoms with Crippen molar-refractivity contribution in [3.63, 3.8) is 0 Å². The summed E-state index contributed by atoms with van der Waals surface area (Å²) in [4.78, 5) is 12.3. The molecule has 136 valence electrons. The summed E-state index contributed by atoms with van der Waals surface area (Å²) < 4.78 is 8.28. The van der Waals surface area contributed by atoms with Crippen LogP contribution in [-0.4, -0.2) is 26.3 Å². The fraction of sp³-hybridized carbons (Fsp3) is 0.316. The molecule has 2 aromatic heterocycles. The number of furan rings is 1. The largest absolute Gasteiger partial charge is 0.446 e. The normalized spacial score (nSPS) is 11.7. The molecule has 0 N–H and O–H groups in total. The Hall–Kier alpha value is -1.86. The van der Waals surface area contributed by atoms with Crippen LogP contribution in [0.1, 0.15) is 26.3 Å². The SMILES string of the molecule is CC(C)(C)C(=O)CSc1nnc(-c2ccc(Br)o2)n1Cc1ccccc1. The van der Waals surface area contributed by atoms with Gasteiger partial charge in [-0.15, -0.1) is 10.2 Å². The monoisotopic (exact) mass is 433 g/mol. The Kier molecular flexibility index (Phi) is 5.67. The van der Waals surface area contributed by atoms with E-state index in [0.29, 0.717) is 33.7 Å². The average Bonchev–Trinajstić information content (AvgIpc) is 3.19. The number of ketones is 1. The van der Waals surface area contributed by atoms with Crippen LogP contribution in [0.4, 0.5) is 0 Å². The van der Waals surface area contributed by atoms with Crippen molar-refractivity contribution in [3.8, 4) is 11.6 Å². The molecule has 7 heteroatoms. The van der Waals surface area contributed by atoms with Crippen LogP contribution < -0.4 is 0 Å². The third-order valence-corrected chi connectivity index (χ3v) is 5.26. The van der Waals surface area contributed by atoms with E-state index in [1.165, 1.54) is 11.8 Å². The molecule has 0 atom stereocenters. The van der Waals surface area contributed by atoms with Gasteiger partial charge in [-0.05, 0) is 33.6 Å². The number of carbonyl (C=O) groups excluding carboxylic acids is 1. The zero-order valence-electron chi connectivity index (χ0n) is 14.9. The molecule has 0 saturated carbocycles. The molecule has 3 rings (SSSR count). The van der Waals surface area contributed by atoms with Crippen LogP contribution in [0.15, 0.2) is 56.7 Å². The number of carbonyl (C=O) groups is 1. The lowest BCUT2D eigenvalue weighted by Crippen LogP contribution is -2.22. The van der Waals surface area contributed by atoms with Gasteiger partial charge in [0.25, 0.3) is 0 Å². The Morgan fingerprint density at radius 2 is 1.88 bits per heavy atom. The Balaban J connectivity index is 1.91. The van der Waals surface area contributed by atoms with Crippen molar-refractivity contribution in [1.29, 1.82) is 0 Å². The molecule has 0 aliphatic rings. The molecule has 26 heavy (non-hydrogen) atoms. The first kappa shape index (κ1) is 18.9. The minimum Gasteiger partial charge on any atom is -0.446 e. The predicted octanol–water partition coefficient (Wildman–Crippen LogP) is 5.06. The number of aromatic nitrogens is 3. The van der Waals surface area contributed by atoms with Gasteiger partial charge in [0.15, 0.2) is 15.6 Å². The molecule has 0 amide bonds. The predicted molar refractivity (Wildman–Crippen MR) is 106 cm³/mol. The summed E-state index contributed by atoms with van der Waals surface area (Å²) >= 11 is 4.74. The van der Waals surface area contributed by atoms with E-state index in [2.05, 4.69) is 38.3 Å². The van der Waals surface area contributed by atoms with Crippen molar-refractivity contribution in [2.45, 2.75) is 32.5 Å². The van der Waals surface area contributed by atoms with E-state index in [1.54, 1.807) is 0 Å². The average molecular weight is 434 g/mol. The van der Waals surface area contributed by atoms with E-state index in [-0.39, 0.29) is 11.2 Å². The summed E-state index contributed by atoms with van der Waals surface area (Å²) in [6, 6.07) is 13.8. The second-order valence-corrected chi connectivity index (χ2v) is 8.67. The summed E-state index contributed by atoms with van der Waals surface area (Å²) in [5, 5.41) is 9.31. The molecule has 1 aromatic carbocycles. The van der Waals surface area contributed by atoms with Crippen molar-refractivity contribution in [3.05, 3.63) is 52.7 Å². The van der Waals surface area contributed by atoms with E-state index < -0.39 is 0 Å². The molecule has 0 bridgehead atoms. The number of thioether (sulfide) groups is 1. The maximum atomic E-state index is 12.3. The first-order chi connectivity index (χ1) is 12.3. The summed E-state index contributed by atoms with van der Waals surface area (Å²) in [5.74, 6) is 1.82. The quantitative estimate of drug-likeness (QED) is 0.508. The highest BCUT2D eigenvalue weighted by Gasteiger charge is 2.23. The Morgan fingerprint density at radius 1 is 1.15 bits per heavy atom. The second-order valence-electron chi connectivity index (χ2n) is 6.94. The molecule has 5 nitrogen and oxygen atoms in total. The number of Topliss-reactive ketones (excluding diaryl/α,β-unsaturated/α-hetero) is 1. The van der Waals surface area contributed by atoms with Crippen molar-refractivity contribution in [1.82, 2.24) is 14.8 Å². The van der Waals surface area contributed by atoms with Crippen LogP contribution in [-0.2, 0) is 11.3 Å². The van der Waals surface area contributed by atoms with Gasteiger partial charge in [0, 0.05) is 5.41 Å². The summed E-state index contributed by atoms with van der Waals surface area (Å²) in [6.07, 6.45) is 0. The topological polar surface area (TPSA) is 60.9 Å². The maximum absolute atomic E-state index is 12.3. The molecule has 0 spiro atoms. The number of rotatable bonds is 6. The summed E-state index contributed by atoms with van der Waals surface area (Å²) in [5.41, 5.74) is 0.759. The van der Waals surface area contributed by atoms with E-state index in [0.717, 1.165) is 5.56 Å². The highest BCUT2D eigenvalue weighted by atomic mass is 79.9. The Bertz CT molecular complexity index is 897. The van der Waals surface area contributed by atoms with Crippen molar-refractivity contribution in [2.24, 2.45) is 5.41 Å². The molecular weight excluding hydrogens is 414 g/mol. The van der Waals surface area contributed by atoms with Crippen LogP contribution >= 0.6 is 27.7 Å². The fourth-order valence-corrected chi connectivity index (χ4v) is 3.67. The molecule has 0 radical (unpaired) electrons. The van der Waals surface area contributed by atoms with Gasteiger partial charge in [0.1, 0.15) is 5.78 Å². The van der Waals surface area contributed by atoms with Crippen molar-refractivity contribution < 1.29 is 9.21 Å². The molecule has 3 aromatic rings. The van der Waals surface area contributed by atoms with Gasteiger partial charge in [0.2, 0.25) is 5.82 Å². The lowest BCUT2D eigenvalue weighted by Gasteiger charge is -2.16. The van der Waals surface area contributed by atoms with E-state index in [4.69, 9.17) is 4.42 Å².